The first kappa shape index (κ1) is 132. The number of Topliss-reactive ketones (excluding diaryl/α,β-unsaturated/α-hetero) is 1. The first-order valence-corrected chi connectivity index (χ1v) is 40.7. The topological polar surface area (TPSA) is 490 Å². The van der Waals surface area contributed by atoms with Gasteiger partial charge in [-0.25, -0.2) is 9.59 Å². The fraction of sp³-hybridized carbons (Fsp3) is 0.866. The molecule has 16 heterocycles. The van der Waals surface area contributed by atoms with Crippen molar-refractivity contribution in [3.63, 3.8) is 0 Å². The van der Waals surface area contributed by atoms with E-state index in [1.54, 1.807) is 109 Å². The zero-order chi connectivity index (χ0) is 87.3. The number of alkyl carbamates (subject to hydrolysis) is 2. The number of aliphatic hydroxyl groups is 7. The van der Waals surface area contributed by atoms with Gasteiger partial charge in [-0.05, 0) is 54.4 Å². The van der Waals surface area contributed by atoms with Crippen molar-refractivity contribution < 1.29 is 145 Å². The third-order valence-corrected chi connectivity index (χ3v) is 24.1. The van der Waals surface area contributed by atoms with E-state index in [0.29, 0.717) is 90.7 Å². The number of hydrogen-bond acceptors (Lipinski definition) is 30. The van der Waals surface area contributed by atoms with Crippen LogP contribution in [0, 0.1) is 11.8 Å². The smallest absolute Gasteiger partial charge is 0.408 e. The number of nitrogens with zero attached hydrogens (tertiary/aromatic N) is 8. The van der Waals surface area contributed by atoms with E-state index in [4.69, 9.17) is 56.8 Å². The van der Waals surface area contributed by atoms with Gasteiger partial charge in [0.2, 0.25) is 47.3 Å². The number of rotatable bonds is 4. The molecule has 16 saturated heterocycles. The van der Waals surface area contributed by atoms with Crippen molar-refractivity contribution in [2.24, 2.45) is 11.8 Å². The standard InChI is InChI=1S/2C13H22N2O5.2C9H15NO4.2C9H15NO3.C8H13NO3.C8H11NO3.4CH4.8H2S/c2*1-7(16)15-5-8(11-10(15)9(17)6-19-11)14-12(18)20-13(2,3)4;2*1-5(11)10-3-7(13-2)9-8(10)6(12)4-14-9;2*1-5-3-10(6(2)11)8-7(12)4-13-9(5)8;2*1-5(10)9-3-2-7-8(9)6(11)4-12-7;;;;;;;;;;;;/h2*8-11,17H,5-6H2,1-4H3,(H,14,18);2*6-9,12H,3-4H2,1-2H3;2*5,7-9,12H,3-4H2,1-2H3;6-8,11H,2-4H2,1H3;7-8H,2-4H2,1H3;4*1H4;8*1H2/t2*8-,9?,10?,11-;6?,7-,8?,9+;6?,7-,8?,9-;5-,7?,8?,9+;5-,7?,8?,9-;6?,7-,8?;7-,8?;;;;;;;;;;;;/m11010111............/s1. The average Bonchev–Trinajstić information content (AvgIpc) is 1.60. The fourth-order valence-electron chi connectivity index (χ4n) is 18.9. The van der Waals surface area contributed by atoms with Crippen molar-refractivity contribution in [1.82, 2.24) is 49.8 Å². The van der Waals surface area contributed by atoms with E-state index < -0.39 is 78.2 Å². The van der Waals surface area contributed by atoms with Crippen LogP contribution in [0.1, 0.15) is 153 Å². The molecule has 0 aliphatic carbocycles. The summed E-state index contributed by atoms with van der Waals surface area (Å²) in [6.45, 7) is 33.5. The zero-order valence-corrected chi connectivity index (χ0v) is 83.1. The maximum absolute atomic E-state index is 11.8. The molecular weight excluding hydrogens is 1860 g/mol. The van der Waals surface area contributed by atoms with Crippen LogP contribution >= 0.6 is 108 Å². The summed E-state index contributed by atoms with van der Waals surface area (Å²) in [5.74, 6) is 0.440. The summed E-state index contributed by atoms with van der Waals surface area (Å²) in [5.41, 5.74) is -1.17. The molecule has 130 heavy (non-hydrogen) atoms. The fourth-order valence-corrected chi connectivity index (χ4v) is 18.9. The van der Waals surface area contributed by atoms with Gasteiger partial charge >= 0.3 is 12.2 Å². The predicted octanol–water partition coefficient (Wildman–Crippen LogP) is -0.662. The number of ether oxygens (including phenoxy) is 12. The Labute approximate surface area is 823 Å². The van der Waals surface area contributed by atoms with Crippen LogP contribution in [0.2, 0.25) is 0 Å². The van der Waals surface area contributed by atoms with E-state index in [-0.39, 0.29) is 320 Å². The number of ketones is 1. The molecule has 16 aliphatic rings. The second kappa shape index (κ2) is 56.8. The van der Waals surface area contributed by atoms with Gasteiger partial charge < -0.3 is 142 Å². The molecule has 0 saturated carbocycles. The Kier molecular flexibility index (Phi) is 57.9. The van der Waals surface area contributed by atoms with E-state index >= 15 is 0 Å². The number of aliphatic hydroxyl groups excluding tert-OH is 7. The summed E-state index contributed by atoms with van der Waals surface area (Å²) in [6, 6.07) is -2.54. The lowest BCUT2D eigenvalue weighted by atomic mass is 10.0. The van der Waals surface area contributed by atoms with Gasteiger partial charge in [-0.1, -0.05) is 43.6 Å². The van der Waals surface area contributed by atoms with Crippen LogP contribution < -0.4 is 10.6 Å². The lowest BCUT2D eigenvalue weighted by molar-refractivity contribution is -0.134. The zero-order valence-electron chi connectivity index (χ0n) is 75.1. The van der Waals surface area contributed by atoms with Crippen LogP contribution in [0.15, 0.2) is 0 Å². The number of nitrogens with one attached hydrogen (secondary N) is 2. The van der Waals surface area contributed by atoms with Crippen LogP contribution in [0.5, 0.6) is 0 Å². The second-order valence-corrected chi connectivity index (χ2v) is 34.9. The number of fused-ring (bicyclic) bond motifs is 8. The number of hydrogen-bond donors (Lipinski definition) is 9. The highest BCUT2D eigenvalue weighted by Gasteiger charge is 2.58. The molecule has 48 heteroatoms. The summed E-state index contributed by atoms with van der Waals surface area (Å²) >= 11 is 0. The Morgan fingerprint density at radius 2 is 0.577 bits per heavy atom. The molecule has 10 amide bonds. The molecule has 9 N–H and O–H groups in total. The predicted molar refractivity (Wildman–Crippen MR) is 520 cm³/mol. The van der Waals surface area contributed by atoms with Crippen molar-refractivity contribution in [1.29, 1.82) is 0 Å². The van der Waals surface area contributed by atoms with Crippen molar-refractivity contribution >= 4 is 173 Å². The van der Waals surface area contributed by atoms with Crippen molar-refractivity contribution in [3.05, 3.63) is 0 Å². The largest absolute Gasteiger partial charge is 0.444 e. The third-order valence-electron chi connectivity index (χ3n) is 24.1. The van der Waals surface area contributed by atoms with Gasteiger partial charge in [0.15, 0.2) is 5.78 Å². The van der Waals surface area contributed by atoms with E-state index in [9.17, 15) is 88.5 Å². The summed E-state index contributed by atoms with van der Waals surface area (Å²) in [5, 5.41) is 73.3. The maximum atomic E-state index is 11.8. The van der Waals surface area contributed by atoms with E-state index in [2.05, 4.69) is 24.5 Å². The minimum atomic E-state index is -0.714. The summed E-state index contributed by atoms with van der Waals surface area (Å²) < 4.78 is 64.1. The minimum absolute atomic E-state index is 0. The monoisotopic (exact) mass is 2020 g/mol. The van der Waals surface area contributed by atoms with Crippen LogP contribution in [0.3, 0.4) is 0 Å². The molecule has 29 atom stereocenters. The van der Waals surface area contributed by atoms with Gasteiger partial charge in [0.25, 0.3) is 0 Å². The highest BCUT2D eigenvalue weighted by atomic mass is 32.1. The molecule has 40 nitrogen and oxygen atoms in total. The molecular formula is C82H160N10O30S8. The number of amides is 10. The van der Waals surface area contributed by atoms with Gasteiger partial charge in [-0.3, -0.25) is 43.2 Å². The molecule has 0 aromatic heterocycles. The first-order valence-electron chi connectivity index (χ1n) is 40.7. The Balaban J connectivity index is -0.000000693. The summed E-state index contributed by atoms with van der Waals surface area (Å²) in [7, 11) is 3.19. The highest BCUT2D eigenvalue weighted by molar-refractivity contribution is 7.60. The number of methoxy groups -OCH3 is 2. The molecule has 0 radical (unpaired) electrons. The number of carbonyl (C=O) groups excluding carboxylic acids is 11. The Hall–Kier alpha value is -3.91. The Morgan fingerprint density at radius 1 is 0.331 bits per heavy atom. The first-order chi connectivity index (χ1) is 55.3. The molecule has 16 rings (SSSR count). The highest BCUT2D eigenvalue weighted by Crippen LogP contribution is 2.39. The molecule has 766 valence electrons. The van der Waals surface area contributed by atoms with Gasteiger partial charge in [0.1, 0.15) is 103 Å². The second-order valence-electron chi connectivity index (χ2n) is 34.9. The lowest BCUT2D eigenvalue weighted by Gasteiger charge is -2.23. The van der Waals surface area contributed by atoms with Crippen molar-refractivity contribution in [3.8, 4) is 0 Å². The van der Waals surface area contributed by atoms with Crippen LogP contribution in [-0.2, 0) is 100.0 Å². The molecule has 0 aromatic rings. The summed E-state index contributed by atoms with van der Waals surface area (Å²) in [4.78, 5) is 138. The van der Waals surface area contributed by atoms with E-state index in [1.807, 2.05) is 0 Å². The minimum Gasteiger partial charge on any atom is -0.444 e. The third kappa shape index (κ3) is 31.6. The molecule has 15 unspecified atom stereocenters. The average molecular weight is 2020 g/mol. The molecule has 0 bridgehead atoms. The van der Waals surface area contributed by atoms with Crippen molar-refractivity contribution in [2.45, 2.75) is 329 Å². The van der Waals surface area contributed by atoms with Crippen LogP contribution in [0.4, 0.5) is 9.59 Å². The maximum Gasteiger partial charge on any atom is 0.408 e. The lowest BCUT2D eigenvalue weighted by Crippen LogP contribution is -2.46. The Morgan fingerprint density at radius 3 is 0.877 bits per heavy atom. The molecule has 16 fully saturated rings. The van der Waals surface area contributed by atoms with Gasteiger partial charge in [-0.15, -0.1) is 0 Å². The van der Waals surface area contributed by atoms with Gasteiger partial charge in [-0.2, -0.15) is 108 Å². The van der Waals surface area contributed by atoms with Crippen LogP contribution in [0.25, 0.3) is 0 Å². The van der Waals surface area contributed by atoms with Crippen molar-refractivity contribution in [2.75, 3.05) is 119 Å². The normalized spacial score (nSPS) is 34.7. The molecule has 0 aromatic carbocycles. The van der Waals surface area contributed by atoms with E-state index in [1.165, 1.54) is 41.5 Å². The van der Waals surface area contributed by atoms with E-state index in [0.717, 1.165) is 19.4 Å². The van der Waals surface area contributed by atoms with Gasteiger partial charge in [0, 0.05) is 134 Å². The number of likely N-dealkylation sites (tertiary alicyclic amines) is 8. The number of carbonyl (C=O) groups is 11. The SMILES string of the molecule is C.C.C.C.CC(=O)N1CC[C@H]2OCC(=O)C21.CC(=O)N1CC[C@H]2OCC(O)C21.CC(=O)N1C[C@@H](C)[C@H]2OCC(O)C21.CC(=O)N1C[C@@H](NC(=O)OC(C)(C)C)[C@H]2OCC(O)C21.CC(=O)N1C[C@@H](NC(=O)OC(C)(C)C)[C@H]2OCC(O)C21.CC(=O)N1C[C@H](C)[C@H]2OCC(O)C21.CO[C@@H]1CN(C(C)=O)C2C(O)CO[C@@H]21.CO[C@H]1CN(C(C)=O)C2C(O)CO[C@@H]21.S.S.S.S.S.S.S.S. The Bertz CT molecular complexity index is 3390. The molecule has 16 aliphatic heterocycles. The quantitative estimate of drug-likeness (QED) is 0.169. The van der Waals surface area contributed by atoms with Gasteiger partial charge in [0.05, 0.1) is 125 Å². The summed E-state index contributed by atoms with van der Waals surface area (Å²) in [6.07, 6.45) is -4.70. The molecule has 0 spiro atoms. The van der Waals surface area contributed by atoms with Crippen LogP contribution in [-0.4, -0.2) is 435 Å².